The van der Waals surface area contributed by atoms with Gasteiger partial charge < -0.3 is 9.64 Å². The van der Waals surface area contributed by atoms with E-state index in [9.17, 15) is 14.4 Å². The largest absolute Gasteiger partial charge is 0.463 e. The van der Waals surface area contributed by atoms with Crippen LogP contribution in [-0.2, 0) is 14.3 Å². The lowest BCUT2D eigenvalue weighted by molar-refractivity contribution is -0.138. The number of amides is 1. The highest BCUT2D eigenvalue weighted by Crippen LogP contribution is 2.37. The Kier molecular flexibility index (Phi) is 8.19. The number of hydrogen-bond donors (Lipinski definition) is 0. The van der Waals surface area contributed by atoms with Gasteiger partial charge in [0.1, 0.15) is 4.53 Å². The fourth-order valence-electron chi connectivity index (χ4n) is 5.63. The molecule has 0 bridgehead atoms. The van der Waals surface area contributed by atoms with Crippen LogP contribution in [0.4, 0.5) is 5.69 Å². The van der Waals surface area contributed by atoms with Crippen LogP contribution >= 0.6 is 23.1 Å². The zero-order valence-corrected chi connectivity index (χ0v) is 25.8. The zero-order valence-electron chi connectivity index (χ0n) is 24.2. The quantitative estimate of drug-likeness (QED) is 0.203. The molecule has 43 heavy (non-hydrogen) atoms. The first-order chi connectivity index (χ1) is 21.0. The zero-order chi connectivity index (χ0) is 30.1. The number of thioether (sulfide) groups is 1. The van der Waals surface area contributed by atoms with Crippen molar-refractivity contribution in [3.05, 3.63) is 121 Å². The van der Waals surface area contributed by atoms with Crippen LogP contribution in [0.25, 0.3) is 11.3 Å². The Labute approximate surface area is 257 Å². The average molecular weight is 610 g/mol. The Balaban J connectivity index is 1.67. The lowest BCUT2D eigenvalue weighted by Gasteiger charge is -2.26. The molecule has 0 radical (unpaired) electrons. The van der Waals surface area contributed by atoms with Crippen LogP contribution in [0.1, 0.15) is 49.4 Å². The van der Waals surface area contributed by atoms with E-state index in [1.165, 1.54) is 11.3 Å². The van der Waals surface area contributed by atoms with Crippen molar-refractivity contribution in [2.45, 2.75) is 37.6 Å². The number of ether oxygens (including phenoxy) is 1. The number of nitrogens with zero attached hydrogens (tertiary/aromatic N) is 3. The van der Waals surface area contributed by atoms with Crippen molar-refractivity contribution in [3.63, 3.8) is 0 Å². The minimum atomic E-state index is -0.793. The lowest BCUT2D eigenvalue weighted by atomic mass is 9.93. The number of hydrogen-bond acceptors (Lipinski definition) is 7. The molecule has 0 aliphatic carbocycles. The average Bonchev–Trinajstić information content (AvgIpc) is 3.51. The van der Waals surface area contributed by atoms with E-state index in [1.807, 2.05) is 85.1 Å². The van der Waals surface area contributed by atoms with Crippen molar-refractivity contribution < 1.29 is 14.3 Å². The van der Waals surface area contributed by atoms with E-state index < -0.39 is 12.0 Å². The van der Waals surface area contributed by atoms with Crippen LogP contribution in [0, 0.1) is 0 Å². The molecule has 0 saturated carbocycles. The van der Waals surface area contributed by atoms with E-state index in [0.717, 1.165) is 40.1 Å². The third-order valence-corrected chi connectivity index (χ3v) is 9.46. The molecule has 218 valence electrons. The van der Waals surface area contributed by atoms with Gasteiger partial charge in [0.05, 0.1) is 35.2 Å². The number of anilines is 1. The van der Waals surface area contributed by atoms with E-state index >= 15 is 0 Å². The Morgan fingerprint density at radius 1 is 0.977 bits per heavy atom. The summed E-state index contributed by atoms with van der Waals surface area (Å²) in [6, 6.07) is 24.1. The van der Waals surface area contributed by atoms with E-state index in [-0.39, 0.29) is 23.6 Å². The molecule has 4 aromatic rings. The first kappa shape index (κ1) is 28.9. The molecule has 0 fully saturated rings. The number of carbonyl (C=O) groups is 2. The number of fused-ring (bicyclic) bond motifs is 2. The van der Waals surface area contributed by atoms with Gasteiger partial charge in [-0.2, -0.15) is 0 Å². The molecule has 3 aromatic carbocycles. The highest BCUT2D eigenvalue weighted by Gasteiger charge is 2.38. The van der Waals surface area contributed by atoms with Gasteiger partial charge in [-0.05, 0) is 43.4 Å². The third-order valence-electron chi connectivity index (χ3n) is 7.67. The molecule has 0 saturated heterocycles. The first-order valence-electron chi connectivity index (χ1n) is 14.3. The predicted molar refractivity (Wildman–Crippen MR) is 172 cm³/mol. The second-order valence-corrected chi connectivity index (χ2v) is 12.1. The maximum atomic E-state index is 14.5. The summed E-state index contributed by atoms with van der Waals surface area (Å²) in [4.78, 5) is 50.3. The molecular weight excluding hydrogens is 579 g/mol. The van der Waals surface area contributed by atoms with Crippen LogP contribution < -0.4 is 19.8 Å². The summed E-state index contributed by atoms with van der Waals surface area (Å²) < 4.78 is 7.45. The molecule has 0 N–H and O–H groups in total. The first-order valence-corrected chi connectivity index (χ1v) is 16.4. The highest BCUT2D eigenvalue weighted by atomic mass is 32.2. The van der Waals surface area contributed by atoms with Gasteiger partial charge in [-0.15, -0.1) is 11.8 Å². The van der Waals surface area contributed by atoms with Gasteiger partial charge in [0, 0.05) is 22.6 Å². The summed E-state index contributed by atoms with van der Waals surface area (Å²) in [5.41, 5.74) is 3.82. The molecule has 2 aliphatic rings. The molecule has 7 nitrogen and oxygen atoms in total. The number of para-hydroxylation sites is 1. The summed E-state index contributed by atoms with van der Waals surface area (Å²) >= 11 is 2.80. The van der Waals surface area contributed by atoms with E-state index in [4.69, 9.17) is 9.73 Å². The molecule has 1 amide bonds. The van der Waals surface area contributed by atoms with Gasteiger partial charge in [-0.3, -0.25) is 14.2 Å². The predicted octanol–water partition coefficient (Wildman–Crippen LogP) is 5.17. The Morgan fingerprint density at radius 3 is 2.40 bits per heavy atom. The normalized spacial score (nSPS) is 17.0. The number of aromatic nitrogens is 1. The van der Waals surface area contributed by atoms with Crippen LogP contribution in [0.3, 0.4) is 0 Å². The van der Waals surface area contributed by atoms with Crippen molar-refractivity contribution in [3.8, 4) is 0 Å². The number of benzene rings is 3. The monoisotopic (exact) mass is 609 g/mol. The van der Waals surface area contributed by atoms with Gasteiger partial charge in [0.25, 0.3) is 11.5 Å². The van der Waals surface area contributed by atoms with E-state index in [1.54, 1.807) is 28.2 Å². The Hall–Kier alpha value is -4.21. The van der Waals surface area contributed by atoms with Crippen LogP contribution in [0.15, 0.2) is 99.1 Å². The molecular formula is C34H31N3O4S2. The smallest absolute Gasteiger partial charge is 0.338 e. The molecule has 1 atom stereocenters. The maximum Gasteiger partial charge on any atom is 0.338 e. The minimum absolute atomic E-state index is 0.177. The maximum absolute atomic E-state index is 14.5. The topological polar surface area (TPSA) is 81.0 Å². The number of rotatable bonds is 8. The SMILES string of the molecule is CCCCN1C(=O)/C(=c2/sc3n(c2=O)[C@@H](c2ccc(SC)cc2)C(C(=O)OCC)=C(c2ccccc2)N=3)c2ccccc21. The van der Waals surface area contributed by atoms with Crippen molar-refractivity contribution >= 4 is 51.9 Å². The third kappa shape index (κ3) is 5.06. The van der Waals surface area contributed by atoms with Gasteiger partial charge in [-0.25, -0.2) is 9.79 Å². The van der Waals surface area contributed by atoms with Crippen molar-refractivity contribution in [2.24, 2.45) is 4.99 Å². The number of unbranched alkanes of at least 4 members (excludes halogenated alkanes) is 1. The molecule has 0 spiro atoms. The summed E-state index contributed by atoms with van der Waals surface area (Å²) in [6.07, 6.45) is 3.79. The number of thiazole rings is 1. The Morgan fingerprint density at radius 2 is 1.70 bits per heavy atom. The van der Waals surface area contributed by atoms with Crippen LogP contribution in [0.5, 0.6) is 0 Å². The fraction of sp³-hybridized carbons (Fsp3) is 0.235. The summed E-state index contributed by atoms with van der Waals surface area (Å²) in [5, 5.41) is 0. The van der Waals surface area contributed by atoms with Gasteiger partial charge >= 0.3 is 5.97 Å². The van der Waals surface area contributed by atoms with Gasteiger partial charge in [0.15, 0.2) is 4.80 Å². The lowest BCUT2D eigenvalue weighted by Crippen LogP contribution is -2.41. The molecule has 3 heterocycles. The van der Waals surface area contributed by atoms with E-state index in [2.05, 4.69) is 6.92 Å². The fourth-order valence-corrected chi connectivity index (χ4v) is 7.13. The molecule has 9 heteroatoms. The van der Waals surface area contributed by atoms with E-state index in [0.29, 0.717) is 27.1 Å². The van der Waals surface area contributed by atoms with Gasteiger partial charge in [0.2, 0.25) is 0 Å². The molecule has 0 unspecified atom stereocenters. The van der Waals surface area contributed by atoms with Crippen molar-refractivity contribution in [1.29, 1.82) is 0 Å². The number of carbonyl (C=O) groups excluding carboxylic acids is 2. The molecule has 2 aliphatic heterocycles. The second-order valence-electron chi connectivity index (χ2n) is 10.2. The molecule has 1 aromatic heterocycles. The van der Waals surface area contributed by atoms with Gasteiger partial charge in [-0.1, -0.05) is 85.3 Å². The summed E-state index contributed by atoms with van der Waals surface area (Å²) in [6.45, 7) is 4.59. The molecule has 6 rings (SSSR count). The van der Waals surface area contributed by atoms with Crippen LogP contribution in [0.2, 0.25) is 0 Å². The van der Waals surface area contributed by atoms with Crippen molar-refractivity contribution in [2.75, 3.05) is 24.3 Å². The second kappa shape index (κ2) is 12.2. The van der Waals surface area contributed by atoms with Crippen LogP contribution in [-0.4, -0.2) is 35.9 Å². The summed E-state index contributed by atoms with van der Waals surface area (Å²) in [7, 11) is 0. The highest BCUT2D eigenvalue weighted by molar-refractivity contribution is 7.98. The standard InChI is InChI=1S/C34H31N3O4S2/c1-4-6-20-36-25-15-11-10-14-24(25)26(31(36)38)30-32(39)37-29(22-16-18-23(42-3)19-17-22)27(33(40)41-5-2)28(35-34(37)43-30)21-12-8-7-9-13-21/h7-19,29H,4-6,20H2,1-3H3/b30-26+/t29-/m0/s1. The Bertz CT molecular complexity index is 1920. The summed E-state index contributed by atoms with van der Waals surface area (Å²) in [5.74, 6) is -0.719. The minimum Gasteiger partial charge on any atom is -0.463 e. The van der Waals surface area contributed by atoms with Crippen molar-refractivity contribution in [1.82, 2.24) is 4.57 Å². The number of esters is 1.